The second-order valence-corrected chi connectivity index (χ2v) is 8.04. The predicted molar refractivity (Wildman–Crippen MR) is 118 cm³/mol. The number of hydrogen-bond donors (Lipinski definition) is 0. The molecule has 1 unspecified atom stereocenters. The number of aromatic nitrogens is 9. The normalized spacial score (nSPS) is 16.7. The molecule has 0 aliphatic carbocycles. The van der Waals surface area contributed by atoms with Crippen molar-refractivity contribution in [2.24, 2.45) is 0 Å². The Morgan fingerprint density at radius 3 is 3.06 bits per heavy atom. The van der Waals surface area contributed by atoms with Crippen LogP contribution in [0.5, 0.6) is 0 Å². The summed E-state index contributed by atoms with van der Waals surface area (Å²) in [6.07, 6.45) is 14.3. The highest BCUT2D eigenvalue weighted by atomic mass is 16.7. The lowest BCUT2D eigenvalue weighted by atomic mass is 10.2. The molecule has 0 spiro atoms. The van der Waals surface area contributed by atoms with E-state index >= 15 is 0 Å². The molecule has 6 rings (SSSR count). The highest BCUT2D eigenvalue weighted by molar-refractivity contribution is 5.69. The van der Waals surface area contributed by atoms with E-state index in [-0.39, 0.29) is 6.29 Å². The van der Waals surface area contributed by atoms with E-state index in [0.29, 0.717) is 31.0 Å². The molecule has 0 bridgehead atoms. The summed E-state index contributed by atoms with van der Waals surface area (Å²) in [5.41, 5.74) is 4.71. The van der Waals surface area contributed by atoms with E-state index in [0.717, 1.165) is 48.3 Å². The van der Waals surface area contributed by atoms with E-state index in [1.807, 2.05) is 39.8 Å². The number of rotatable bonds is 7. The number of fused-ring (bicyclic) bond motifs is 2. The van der Waals surface area contributed by atoms with E-state index in [4.69, 9.17) is 14.5 Å². The molecule has 0 amide bonds. The molecule has 33 heavy (non-hydrogen) atoms. The van der Waals surface area contributed by atoms with Crippen molar-refractivity contribution in [3.63, 3.8) is 0 Å². The largest absolute Gasteiger partial charge is 0.353 e. The Morgan fingerprint density at radius 1 is 1.12 bits per heavy atom. The molecule has 1 atom stereocenters. The van der Waals surface area contributed by atoms with Gasteiger partial charge >= 0.3 is 0 Å². The summed E-state index contributed by atoms with van der Waals surface area (Å²) >= 11 is 0. The summed E-state index contributed by atoms with van der Waals surface area (Å²) in [5.74, 6) is 0. The summed E-state index contributed by atoms with van der Waals surface area (Å²) in [7, 11) is 0. The number of nitrogens with zero attached hydrogens (tertiary/aromatic N) is 9. The fourth-order valence-corrected chi connectivity index (χ4v) is 3.97. The molecular formula is C22H23N9O2. The molecule has 5 aromatic rings. The van der Waals surface area contributed by atoms with Crippen LogP contribution in [-0.4, -0.2) is 63.6 Å². The Labute approximate surface area is 189 Å². The minimum absolute atomic E-state index is 0.0932. The van der Waals surface area contributed by atoms with Gasteiger partial charge in [0.1, 0.15) is 5.65 Å². The molecule has 1 aliphatic rings. The standard InChI is InChI=1S/C22H23N9O2/c1-2-9-32-20(3-1)33-10-8-30-15-17(11-25-30)18-12-24-21-22(26-18)31(28-27-21)14-16-4-5-19-23-6-7-29(19)13-16/h4-7,11-13,15,20H,1-3,8-10,14H2. The predicted octanol–water partition coefficient (Wildman–Crippen LogP) is 2.32. The van der Waals surface area contributed by atoms with Crippen LogP contribution in [0.25, 0.3) is 28.2 Å². The monoisotopic (exact) mass is 445 g/mol. The first-order valence-corrected chi connectivity index (χ1v) is 11.1. The molecule has 11 nitrogen and oxygen atoms in total. The van der Waals surface area contributed by atoms with Gasteiger partial charge in [0.2, 0.25) is 5.65 Å². The molecule has 1 saturated heterocycles. The van der Waals surface area contributed by atoms with Crippen LogP contribution in [0.3, 0.4) is 0 Å². The number of pyridine rings is 1. The van der Waals surface area contributed by atoms with E-state index in [1.54, 1.807) is 23.3 Å². The van der Waals surface area contributed by atoms with Crippen molar-refractivity contribution in [1.82, 2.24) is 44.1 Å². The smallest absolute Gasteiger partial charge is 0.221 e. The molecule has 0 radical (unpaired) electrons. The van der Waals surface area contributed by atoms with E-state index in [2.05, 4.69) is 25.4 Å². The lowest BCUT2D eigenvalue weighted by Crippen LogP contribution is -2.24. The summed E-state index contributed by atoms with van der Waals surface area (Å²) in [6, 6.07) is 4.00. The lowest BCUT2D eigenvalue weighted by molar-refractivity contribution is -0.163. The molecule has 0 saturated carbocycles. The maximum absolute atomic E-state index is 5.81. The van der Waals surface area contributed by atoms with Gasteiger partial charge in [-0.2, -0.15) is 5.10 Å². The Morgan fingerprint density at radius 2 is 2.12 bits per heavy atom. The molecular weight excluding hydrogens is 422 g/mol. The van der Waals surface area contributed by atoms with Gasteiger partial charge < -0.3 is 13.9 Å². The molecule has 6 heterocycles. The quantitative estimate of drug-likeness (QED) is 0.375. The third kappa shape index (κ3) is 4.20. The highest BCUT2D eigenvalue weighted by Crippen LogP contribution is 2.19. The van der Waals surface area contributed by atoms with Crippen molar-refractivity contribution < 1.29 is 9.47 Å². The van der Waals surface area contributed by atoms with Gasteiger partial charge in [0.25, 0.3) is 0 Å². The van der Waals surface area contributed by atoms with Gasteiger partial charge in [-0.15, -0.1) is 5.10 Å². The van der Waals surface area contributed by atoms with Crippen molar-refractivity contribution in [3.8, 4) is 11.3 Å². The van der Waals surface area contributed by atoms with Crippen LogP contribution >= 0.6 is 0 Å². The molecule has 11 heteroatoms. The topological polar surface area (TPSA) is 110 Å². The van der Waals surface area contributed by atoms with Crippen molar-refractivity contribution in [2.75, 3.05) is 13.2 Å². The van der Waals surface area contributed by atoms with Crippen molar-refractivity contribution in [2.45, 2.75) is 38.6 Å². The summed E-state index contributed by atoms with van der Waals surface area (Å²) in [4.78, 5) is 13.5. The van der Waals surface area contributed by atoms with Gasteiger partial charge in [-0.3, -0.25) is 4.68 Å². The minimum atomic E-state index is -0.0932. The number of ether oxygens (including phenoxy) is 2. The Bertz CT molecular complexity index is 1380. The zero-order valence-electron chi connectivity index (χ0n) is 18.0. The van der Waals surface area contributed by atoms with Crippen LogP contribution in [0.15, 0.2) is 49.3 Å². The maximum Gasteiger partial charge on any atom is 0.221 e. The lowest BCUT2D eigenvalue weighted by Gasteiger charge is -2.22. The third-order valence-electron chi connectivity index (χ3n) is 5.70. The van der Waals surface area contributed by atoms with Crippen LogP contribution in [0, 0.1) is 0 Å². The van der Waals surface area contributed by atoms with Crippen molar-refractivity contribution in [1.29, 1.82) is 0 Å². The molecule has 5 aromatic heterocycles. The van der Waals surface area contributed by atoms with Crippen LogP contribution in [-0.2, 0) is 22.6 Å². The van der Waals surface area contributed by atoms with Gasteiger partial charge in [0.05, 0.1) is 37.8 Å². The third-order valence-corrected chi connectivity index (χ3v) is 5.70. The highest BCUT2D eigenvalue weighted by Gasteiger charge is 2.15. The fraction of sp³-hybridized carbons (Fsp3) is 0.364. The zero-order chi connectivity index (χ0) is 22.0. The first kappa shape index (κ1) is 19.9. The number of imidazole rings is 1. The van der Waals surface area contributed by atoms with E-state index < -0.39 is 0 Å². The van der Waals surface area contributed by atoms with Gasteiger partial charge in [-0.05, 0) is 30.9 Å². The van der Waals surface area contributed by atoms with Gasteiger partial charge in [0.15, 0.2) is 11.9 Å². The molecule has 1 fully saturated rings. The first-order chi connectivity index (χ1) is 16.3. The summed E-state index contributed by atoms with van der Waals surface area (Å²) < 4.78 is 17.0. The van der Waals surface area contributed by atoms with E-state index in [1.165, 1.54) is 0 Å². The van der Waals surface area contributed by atoms with Crippen LogP contribution in [0.1, 0.15) is 24.8 Å². The summed E-state index contributed by atoms with van der Waals surface area (Å²) in [5, 5.41) is 12.9. The Balaban J connectivity index is 1.17. The van der Waals surface area contributed by atoms with E-state index in [9.17, 15) is 0 Å². The average molecular weight is 445 g/mol. The molecule has 168 valence electrons. The van der Waals surface area contributed by atoms with Gasteiger partial charge in [0, 0.05) is 37.0 Å². The van der Waals surface area contributed by atoms with Crippen LogP contribution in [0.2, 0.25) is 0 Å². The minimum Gasteiger partial charge on any atom is -0.353 e. The molecule has 0 N–H and O–H groups in total. The maximum atomic E-state index is 5.81. The van der Waals surface area contributed by atoms with Gasteiger partial charge in [-0.25, -0.2) is 19.6 Å². The first-order valence-electron chi connectivity index (χ1n) is 11.1. The van der Waals surface area contributed by atoms with Crippen LogP contribution < -0.4 is 0 Å². The Hall–Kier alpha value is -3.70. The second kappa shape index (κ2) is 8.68. The SMILES string of the molecule is c1cn2cc(Cn3nnc4ncc(-c5cnn(CCOC6CCCCO6)c5)nc43)ccc2n1. The van der Waals surface area contributed by atoms with Crippen molar-refractivity contribution >= 4 is 16.9 Å². The zero-order valence-corrected chi connectivity index (χ0v) is 18.0. The molecule has 1 aliphatic heterocycles. The molecule has 0 aromatic carbocycles. The fourth-order valence-electron chi connectivity index (χ4n) is 3.97. The Kier molecular flexibility index (Phi) is 5.25. The van der Waals surface area contributed by atoms with Crippen LogP contribution in [0.4, 0.5) is 0 Å². The summed E-state index contributed by atoms with van der Waals surface area (Å²) in [6.45, 7) is 2.50. The second-order valence-electron chi connectivity index (χ2n) is 8.04. The van der Waals surface area contributed by atoms with Gasteiger partial charge in [-0.1, -0.05) is 11.3 Å². The average Bonchev–Trinajstić information content (AvgIpc) is 3.60. The number of hydrogen-bond acceptors (Lipinski definition) is 8. The van der Waals surface area contributed by atoms with Crippen molar-refractivity contribution in [3.05, 3.63) is 54.9 Å².